The van der Waals surface area contributed by atoms with Crippen LogP contribution in [0.4, 0.5) is 14.6 Å². The first kappa shape index (κ1) is 15.8. The standard InChI is InChI=1S/C17H14BrF2N3S/c18-15-7-6-14(24-15)16-11-3-1-2-8-21-17(11)23(22-16)13-5-4-10(19)9-12(13)20/h4-7,9,21H,1-3,8H2. The number of thiophene rings is 1. The maximum atomic E-state index is 14.3. The summed E-state index contributed by atoms with van der Waals surface area (Å²) in [5.41, 5.74) is 2.20. The first-order valence-corrected chi connectivity index (χ1v) is 9.31. The van der Waals surface area contributed by atoms with E-state index in [-0.39, 0.29) is 5.69 Å². The van der Waals surface area contributed by atoms with Crippen LogP contribution in [0.5, 0.6) is 0 Å². The molecular formula is C17H14BrF2N3S. The summed E-state index contributed by atoms with van der Waals surface area (Å²) in [6.45, 7) is 0.815. The Kier molecular flexibility index (Phi) is 4.14. The third-order valence-corrected chi connectivity index (χ3v) is 5.70. The highest BCUT2D eigenvalue weighted by atomic mass is 79.9. The lowest BCUT2D eigenvalue weighted by molar-refractivity contribution is 0.574. The van der Waals surface area contributed by atoms with Crippen molar-refractivity contribution < 1.29 is 8.78 Å². The van der Waals surface area contributed by atoms with Crippen LogP contribution in [-0.2, 0) is 6.42 Å². The SMILES string of the molecule is Fc1ccc(-n2nc(-c3ccc(Br)s3)c3c2NCCCC3)c(F)c1. The quantitative estimate of drug-likeness (QED) is 0.614. The third-order valence-electron chi connectivity index (χ3n) is 4.07. The molecule has 0 fully saturated rings. The number of nitrogens with zero attached hydrogens (tertiary/aromatic N) is 2. The molecule has 24 heavy (non-hydrogen) atoms. The van der Waals surface area contributed by atoms with Gasteiger partial charge in [-0.1, -0.05) is 0 Å². The summed E-state index contributed by atoms with van der Waals surface area (Å²) in [6.07, 6.45) is 2.99. The van der Waals surface area contributed by atoms with Crippen molar-refractivity contribution in [3.63, 3.8) is 0 Å². The highest BCUT2D eigenvalue weighted by molar-refractivity contribution is 9.11. The Labute approximate surface area is 150 Å². The number of aromatic nitrogens is 2. The molecule has 1 N–H and O–H groups in total. The molecule has 0 bridgehead atoms. The molecule has 3 nitrogen and oxygen atoms in total. The summed E-state index contributed by atoms with van der Waals surface area (Å²) in [5.74, 6) is -0.410. The minimum Gasteiger partial charge on any atom is -0.370 e. The molecule has 0 atom stereocenters. The first-order valence-electron chi connectivity index (χ1n) is 7.70. The van der Waals surface area contributed by atoms with Crippen LogP contribution in [-0.4, -0.2) is 16.3 Å². The molecule has 0 aliphatic carbocycles. The number of nitrogens with one attached hydrogen (secondary N) is 1. The summed E-state index contributed by atoms with van der Waals surface area (Å²) < 4.78 is 30.1. The molecule has 7 heteroatoms. The predicted octanol–water partition coefficient (Wildman–Crippen LogP) is 5.39. The van der Waals surface area contributed by atoms with Gasteiger partial charge in [-0.15, -0.1) is 11.3 Å². The number of rotatable bonds is 2. The summed E-state index contributed by atoms with van der Waals surface area (Å²) >= 11 is 5.07. The third kappa shape index (κ3) is 2.75. The van der Waals surface area contributed by atoms with Crippen molar-refractivity contribution in [2.75, 3.05) is 11.9 Å². The van der Waals surface area contributed by atoms with Crippen molar-refractivity contribution in [3.05, 3.63) is 51.3 Å². The van der Waals surface area contributed by atoms with Gasteiger partial charge in [0.15, 0.2) is 5.82 Å². The van der Waals surface area contributed by atoms with Crippen LogP contribution < -0.4 is 5.32 Å². The molecule has 1 aromatic carbocycles. The maximum absolute atomic E-state index is 14.3. The highest BCUT2D eigenvalue weighted by Crippen LogP contribution is 2.38. The van der Waals surface area contributed by atoms with Crippen LogP contribution in [0, 0.1) is 11.6 Å². The van der Waals surface area contributed by atoms with Gasteiger partial charge in [0.2, 0.25) is 0 Å². The summed E-state index contributed by atoms with van der Waals surface area (Å²) in [7, 11) is 0. The summed E-state index contributed by atoms with van der Waals surface area (Å²) in [5, 5.41) is 8.02. The van der Waals surface area contributed by atoms with Gasteiger partial charge in [0.05, 0.1) is 8.66 Å². The molecule has 3 heterocycles. The molecule has 0 saturated carbocycles. The van der Waals surface area contributed by atoms with Gasteiger partial charge in [0.1, 0.15) is 23.0 Å². The number of benzene rings is 1. The molecule has 0 radical (unpaired) electrons. The Balaban J connectivity index is 1.92. The Hall–Kier alpha value is -1.73. The molecule has 124 valence electrons. The van der Waals surface area contributed by atoms with Crippen molar-refractivity contribution in [2.45, 2.75) is 19.3 Å². The fourth-order valence-corrected chi connectivity index (χ4v) is 4.37. The van der Waals surface area contributed by atoms with Crippen molar-refractivity contribution in [3.8, 4) is 16.3 Å². The van der Waals surface area contributed by atoms with Gasteiger partial charge in [-0.25, -0.2) is 13.5 Å². The van der Waals surface area contributed by atoms with E-state index >= 15 is 0 Å². The number of fused-ring (bicyclic) bond motifs is 1. The van der Waals surface area contributed by atoms with Gasteiger partial charge in [0, 0.05) is 18.2 Å². The van der Waals surface area contributed by atoms with Gasteiger partial charge in [-0.3, -0.25) is 0 Å². The van der Waals surface area contributed by atoms with Crippen LogP contribution in [0.25, 0.3) is 16.3 Å². The number of hydrogen-bond acceptors (Lipinski definition) is 3. The molecule has 0 saturated heterocycles. The number of halogens is 3. The van der Waals surface area contributed by atoms with E-state index in [1.165, 1.54) is 12.1 Å². The normalized spacial score (nSPS) is 14.1. The Morgan fingerprint density at radius 1 is 1.17 bits per heavy atom. The van der Waals surface area contributed by atoms with Crippen LogP contribution >= 0.6 is 27.3 Å². The average molecular weight is 410 g/mol. The lowest BCUT2D eigenvalue weighted by atomic mass is 10.1. The number of anilines is 1. The van der Waals surface area contributed by atoms with Crippen molar-refractivity contribution >= 4 is 33.1 Å². The van der Waals surface area contributed by atoms with Gasteiger partial charge in [-0.05, 0) is 59.5 Å². The molecule has 2 aromatic heterocycles. The second kappa shape index (κ2) is 6.29. The van der Waals surface area contributed by atoms with Crippen molar-refractivity contribution in [1.29, 1.82) is 0 Å². The van der Waals surface area contributed by atoms with Crippen LogP contribution in [0.3, 0.4) is 0 Å². The zero-order valence-corrected chi connectivity index (χ0v) is 15.1. The Morgan fingerprint density at radius 3 is 2.79 bits per heavy atom. The minimum atomic E-state index is -0.620. The highest BCUT2D eigenvalue weighted by Gasteiger charge is 2.23. The van der Waals surface area contributed by atoms with Crippen LogP contribution in [0.1, 0.15) is 18.4 Å². The van der Waals surface area contributed by atoms with Crippen LogP contribution in [0.2, 0.25) is 0 Å². The largest absolute Gasteiger partial charge is 0.370 e. The lowest BCUT2D eigenvalue weighted by Gasteiger charge is -2.10. The monoisotopic (exact) mass is 409 g/mol. The van der Waals surface area contributed by atoms with Gasteiger partial charge in [-0.2, -0.15) is 5.10 Å². The average Bonchev–Trinajstić information content (AvgIpc) is 3.03. The molecule has 4 rings (SSSR count). The van der Waals surface area contributed by atoms with E-state index in [1.54, 1.807) is 16.0 Å². The molecule has 0 amide bonds. The molecular weight excluding hydrogens is 396 g/mol. The first-order chi connectivity index (χ1) is 11.6. The summed E-state index contributed by atoms with van der Waals surface area (Å²) in [4.78, 5) is 1.03. The Morgan fingerprint density at radius 2 is 2.04 bits per heavy atom. The van der Waals surface area contributed by atoms with Gasteiger partial charge < -0.3 is 5.32 Å². The van der Waals surface area contributed by atoms with E-state index in [9.17, 15) is 8.78 Å². The van der Waals surface area contributed by atoms with Crippen LogP contribution in [0.15, 0.2) is 34.1 Å². The number of hydrogen-bond donors (Lipinski definition) is 1. The predicted molar refractivity (Wildman–Crippen MR) is 95.9 cm³/mol. The van der Waals surface area contributed by atoms with Crippen molar-refractivity contribution in [1.82, 2.24) is 9.78 Å². The maximum Gasteiger partial charge on any atom is 0.151 e. The van der Waals surface area contributed by atoms with E-state index in [2.05, 4.69) is 26.3 Å². The smallest absolute Gasteiger partial charge is 0.151 e. The van der Waals surface area contributed by atoms with Gasteiger partial charge >= 0.3 is 0 Å². The van der Waals surface area contributed by atoms with Gasteiger partial charge in [0.25, 0.3) is 0 Å². The minimum absolute atomic E-state index is 0.254. The zero-order valence-electron chi connectivity index (χ0n) is 12.7. The van der Waals surface area contributed by atoms with E-state index in [0.717, 1.165) is 57.6 Å². The van der Waals surface area contributed by atoms with E-state index in [4.69, 9.17) is 0 Å². The molecule has 0 spiro atoms. The lowest BCUT2D eigenvalue weighted by Crippen LogP contribution is -2.08. The molecule has 1 aliphatic rings. The Bertz CT molecular complexity index is 903. The second-order valence-corrected chi connectivity index (χ2v) is 8.13. The van der Waals surface area contributed by atoms with E-state index < -0.39 is 11.6 Å². The molecule has 1 aliphatic heterocycles. The molecule has 3 aromatic rings. The fraction of sp³-hybridized carbons (Fsp3) is 0.235. The summed E-state index contributed by atoms with van der Waals surface area (Å²) in [6, 6.07) is 7.56. The zero-order chi connectivity index (χ0) is 16.7. The fourth-order valence-electron chi connectivity index (χ4n) is 2.97. The topological polar surface area (TPSA) is 29.9 Å². The molecule has 0 unspecified atom stereocenters. The van der Waals surface area contributed by atoms with Crippen molar-refractivity contribution in [2.24, 2.45) is 0 Å². The van der Waals surface area contributed by atoms with E-state index in [1.807, 2.05) is 12.1 Å². The second-order valence-electron chi connectivity index (χ2n) is 5.67. The van der Waals surface area contributed by atoms with E-state index in [0.29, 0.717) is 0 Å².